The summed E-state index contributed by atoms with van der Waals surface area (Å²) in [5, 5.41) is 6.89. The minimum absolute atomic E-state index is 0. The molecule has 1 heterocycles. The molecule has 0 aliphatic carbocycles. The SMILES string of the molecule is Cl.O=C(CN1CCNCC1c1cccc(F)c1)NCc1cccc(Cl)c1. The Balaban J connectivity index is 0.00000243. The zero-order valence-corrected chi connectivity index (χ0v) is 15.8. The van der Waals surface area contributed by atoms with Crippen LogP contribution in [0, 0.1) is 5.82 Å². The number of piperazine rings is 1. The molecule has 0 bridgehead atoms. The lowest BCUT2D eigenvalue weighted by molar-refractivity contribution is -0.123. The number of benzene rings is 2. The molecule has 7 heteroatoms. The fourth-order valence-corrected chi connectivity index (χ4v) is 3.28. The Hall–Kier alpha value is -1.66. The normalized spacial score (nSPS) is 17.4. The van der Waals surface area contributed by atoms with E-state index in [9.17, 15) is 9.18 Å². The van der Waals surface area contributed by atoms with Crippen molar-refractivity contribution in [1.82, 2.24) is 15.5 Å². The molecular formula is C19H22Cl2FN3O. The molecule has 2 aromatic rings. The van der Waals surface area contributed by atoms with E-state index in [1.807, 2.05) is 24.3 Å². The van der Waals surface area contributed by atoms with Gasteiger partial charge in [0.2, 0.25) is 5.91 Å². The van der Waals surface area contributed by atoms with Crippen molar-refractivity contribution < 1.29 is 9.18 Å². The molecule has 26 heavy (non-hydrogen) atoms. The first-order chi connectivity index (χ1) is 12.1. The van der Waals surface area contributed by atoms with Crippen molar-refractivity contribution in [3.8, 4) is 0 Å². The van der Waals surface area contributed by atoms with E-state index in [0.29, 0.717) is 18.1 Å². The van der Waals surface area contributed by atoms with Crippen LogP contribution in [0.1, 0.15) is 17.2 Å². The summed E-state index contributed by atoms with van der Waals surface area (Å²) in [4.78, 5) is 14.4. The molecule has 1 aliphatic rings. The van der Waals surface area contributed by atoms with E-state index in [2.05, 4.69) is 15.5 Å². The van der Waals surface area contributed by atoms with Crippen molar-refractivity contribution in [3.05, 3.63) is 70.5 Å². The van der Waals surface area contributed by atoms with E-state index < -0.39 is 0 Å². The molecule has 140 valence electrons. The van der Waals surface area contributed by atoms with E-state index in [1.54, 1.807) is 12.1 Å². The number of carbonyl (C=O) groups is 1. The van der Waals surface area contributed by atoms with Gasteiger partial charge in [0.15, 0.2) is 0 Å². The predicted molar refractivity (Wildman–Crippen MR) is 104 cm³/mol. The van der Waals surface area contributed by atoms with Crippen LogP contribution in [0.2, 0.25) is 5.02 Å². The number of hydrogen-bond acceptors (Lipinski definition) is 3. The monoisotopic (exact) mass is 397 g/mol. The zero-order valence-electron chi connectivity index (χ0n) is 14.3. The average Bonchev–Trinajstić information content (AvgIpc) is 2.60. The number of nitrogens with one attached hydrogen (secondary N) is 2. The highest BCUT2D eigenvalue weighted by Gasteiger charge is 2.25. The number of amides is 1. The molecule has 2 N–H and O–H groups in total. The summed E-state index contributed by atoms with van der Waals surface area (Å²) in [6, 6.07) is 14.0. The third-order valence-corrected chi connectivity index (χ3v) is 4.55. The van der Waals surface area contributed by atoms with Crippen molar-refractivity contribution in [3.63, 3.8) is 0 Å². The summed E-state index contributed by atoms with van der Waals surface area (Å²) in [6.45, 7) is 2.98. The Kier molecular flexibility index (Phi) is 7.85. The number of hydrogen-bond donors (Lipinski definition) is 2. The highest BCUT2D eigenvalue weighted by Crippen LogP contribution is 2.22. The van der Waals surface area contributed by atoms with Crippen LogP contribution in [0.5, 0.6) is 0 Å². The lowest BCUT2D eigenvalue weighted by Gasteiger charge is -2.36. The fourth-order valence-electron chi connectivity index (χ4n) is 3.07. The van der Waals surface area contributed by atoms with Crippen LogP contribution in [0.3, 0.4) is 0 Å². The molecule has 1 unspecified atom stereocenters. The van der Waals surface area contributed by atoms with E-state index in [-0.39, 0.29) is 36.7 Å². The Morgan fingerprint density at radius 2 is 2.08 bits per heavy atom. The van der Waals surface area contributed by atoms with Crippen LogP contribution in [0.15, 0.2) is 48.5 Å². The van der Waals surface area contributed by atoms with Crippen molar-refractivity contribution in [2.45, 2.75) is 12.6 Å². The number of rotatable bonds is 5. The van der Waals surface area contributed by atoms with Gasteiger partial charge in [-0.2, -0.15) is 0 Å². The van der Waals surface area contributed by atoms with E-state index >= 15 is 0 Å². The Bertz CT molecular complexity index is 744. The minimum Gasteiger partial charge on any atom is -0.351 e. The third kappa shape index (κ3) is 5.68. The van der Waals surface area contributed by atoms with Gasteiger partial charge in [0, 0.05) is 37.2 Å². The van der Waals surface area contributed by atoms with Crippen LogP contribution in [-0.2, 0) is 11.3 Å². The maximum Gasteiger partial charge on any atom is 0.234 e. The molecular weight excluding hydrogens is 376 g/mol. The van der Waals surface area contributed by atoms with Crippen molar-refractivity contribution >= 4 is 29.9 Å². The lowest BCUT2D eigenvalue weighted by atomic mass is 10.0. The molecule has 0 spiro atoms. The molecule has 0 aromatic heterocycles. The predicted octanol–water partition coefficient (Wildman–Crippen LogP) is 3.16. The Morgan fingerprint density at radius 3 is 2.85 bits per heavy atom. The highest BCUT2D eigenvalue weighted by atomic mass is 35.5. The number of halogens is 3. The van der Waals surface area contributed by atoms with Gasteiger partial charge in [-0.15, -0.1) is 12.4 Å². The van der Waals surface area contributed by atoms with Crippen LogP contribution >= 0.6 is 24.0 Å². The summed E-state index contributed by atoms with van der Waals surface area (Å²) in [5.74, 6) is -0.309. The molecule has 2 aromatic carbocycles. The van der Waals surface area contributed by atoms with Crippen molar-refractivity contribution in [2.75, 3.05) is 26.2 Å². The van der Waals surface area contributed by atoms with Crippen molar-refractivity contribution in [2.24, 2.45) is 0 Å². The maximum absolute atomic E-state index is 13.5. The molecule has 0 saturated carbocycles. The number of carbonyl (C=O) groups excluding carboxylic acids is 1. The topological polar surface area (TPSA) is 44.4 Å². The smallest absolute Gasteiger partial charge is 0.234 e. The number of nitrogens with zero attached hydrogens (tertiary/aromatic N) is 1. The Labute approximate surface area is 164 Å². The van der Waals surface area contributed by atoms with Crippen molar-refractivity contribution in [1.29, 1.82) is 0 Å². The van der Waals surface area contributed by atoms with Crippen LogP contribution < -0.4 is 10.6 Å². The summed E-state index contributed by atoms with van der Waals surface area (Å²) in [5.41, 5.74) is 1.85. The summed E-state index contributed by atoms with van der Waals surface area (Å²) in [6.07, 6.45) is 0. The van der Waals surface area contributed by atoms with Gasteiger partial charge in [0.1, 0.15) is 5.82 Å². The molecule has 3 rings (SSSR count). The van der Waals surface area contributed by atoms with Gasteiger partial charge in [-0.3, -0.25) is 9.69 Å². The standard InChI is InChI=1S/C19H21ClFN3O.ClH/c20-16-5-1-3-14(9-16)11-23-19(25)13-24-8-7-22-12-18(24)15-4-2-6-17(21)10-15;/h1-6,9-10,18,22H,7-8,11-13H2,(H,23,25);1H. The Morgan fingerprint density at radius 1 is 1.27 bits per heavy atom. The molecule has 1 amide bonds. The van der Waals surface area contributed by atoms with Gasteiger partial charge < -0.3 is 10.6 Å². The first-order valence-corrected chi connectivity index (χ1v) is 8.71. The molecule has 0 radical (unpaired) electrons. The van der Waals surface area contributed by atoms with Crippen LogP contribution in [0.25, 0.3) is 0 Å². The zero-order chi connectivity index (χ0) is 17.6. The average molecular weight is 398 g/mol. The van der Waals surface area contributed by atoms with Gasteiger partial charge in [-0.05, 0) is 35.4 Å². The van der Waals surface area contributed by atoms with Gasteiger partial charge in [0.05, 0.1) is 6.54 Å². The van der Waals surface area contributed by atoms with E-state index in [1.165, 1.54) is 12.1 Å². The molecule has 1 fully saturated rings. The summed E-state index contributed by atoms with van der Waals surface area (Å²) in [7, 11) is 0. The molecule has 1 aliphatic heterocycles. The van der Waals surface area contributed by atoms with Gasteiger partial charge in [0.25, 0.3) is 0 Å². The first-order valence-electron chi connectivity index (χ1n) is 8.33. The highest BCUT2D eigenvalue weighted by molar-refractivity contribution is 6.30. The second-order valence-corrected chi connectivity index (χ2v) is 6.59. The fraction of sp³-hybridized carbons (Fsp3) is 0.316. The van der Waals surface area contributed by atoms with Gasteiger partial charge in [-0.1, -0.05) is 35.9 Å². The first kappa shape index (κ1) is 20.6. The second-order valence-electron chi connectivity index (χ2n) is 6.15. The molecule has 4 nitrogen and oxygen atoms in total. The van der Waals surface area contributed by atoms with Crippen LogP contribution in [0.4, 0.5) is 4.39 Å². The summed E-state index contributed by atoms with van der Waals surface area (Å²) < 4.78 is 13.5. The van der Waals surface area contributed by atoms with E-state index in [4.69, 9.17) is 11.6 Å². The lowest BCUT2D eigenvalue weighted by Crippen LogP contribution is -2.49. The summed E-state index contributed by atoms with van der Waals surface area (Å²) >= 11 is 5.96. The largest absolute Gasteiger partial charge is 0.351 e. The quantitative estimate of drug-likeness (QED) is 0.814. The maximum atomic E-state index is 13.5. The molecule has 1 atom stereocenters. The second kappa shape index (κ2) is 9.88. The van der Waals surface area contributed by atoms with E-state index in [0.717, 1.165) is 24.2 Å². The van der Waals surface area contributed by atoms with Gasteiger partial charge in [-0.25, -0.2) is 4.39 Å². The third-order valence-electron chi connectivity index (χ3n) is 4.31. The minimum atomic E-state index is -0.256. The van der Waals surface area contributed by atoms with Gasteiger partial charge >= 0.3 is 0 Å². The van der Waals surface area contributed by atoms with Crippen LogP contribution in [-0.4, -0.2) is 37.0 Å². The molecule has 1 saturated heterocycles.